The number of carbonyl (C=O) groups is 2. The molecule has 0 aliphatic heterocycles. The van der Waals surface area contributed by atoms with Crippen molar-refractivity contribution in [3.8, 4) is 5.69 Å². The van der Waals surface area contributed by atoms with Crippen molar-refractivity contribution in [3.63, 3.8) is 0 Å². The summed E-state index contributed by atoms with van der Waals surface area (Å²) in [6.07, 6.45) is 1.42. The van der Waals surface area contributed by atoms with Crippen LogP contribution in [0.25, 0.3) is 5.69 Å². The van der Waals surface area contributed by atoms with Crippen LogP contribution < -0.4 is 11.1 Å². The molecule has 1 heterocycles. The van der Waals surface area contributed by atoms with Crippen molar-refractivity contribution in [2.75, 3.05) is 0 Å². The van der Waals surface area contributed by atoms with Gasteiger partial charge in [-0.15, -0.1) is 5.10 Å². The first kappa shape index (κ1) is 15.3. The Morgan fingerprint density at radius 1 is 1.08 bits per heavy atom. The minimum atomic E-state index is -0.907. The molecule has 1 atom stereocenters. The second-order valence-electron chi connectivity index (χ2n) is 5.02. The summed E-state index contributed by atoms with van der Waals surface area (Å²) in [7, 11) is 0. The average molecular weight is 322 g/mol. The molecule has 2 amide bonds. The summed E-state index contributed by atoms with van der Waals surface area (Å²) in [6.45, 7) is 0. The fourth-order valence-corrected chi connectivity index (χ4v) is 2.25. The lowest BCUT2D eigenvalue weighted by Gasteiger charge is -2.16. The van der Waals surface area contributed by atoms with Gasteiger partial charge in [0.05, 0.1) is 5.69 Å². The minimum absolute atomic E-state index is 0.366. The molecule has 3 N–H and O–H groups in total. The Morgan fingerprint density at radius 3 is 2.54 bits per heavy atom. The highest BCUT2D eigenvalue weighted by Crippen LogP contribution is 2.14. The lowest BCUT2D eigenvalue weighted by Crippen LogP contribution is -2.37. The third-order valence-corrected chi connectivity index (χ3v) is 3.41. The molecule has 8 heteroatoms. The summed E-state index contributed by atoms with van der Waals surface area (Å²) in [5.74, 6) is -1.05. The van der Waals surface area contributed by atoms with Gasteiger partial charge in [-0.3, -0.25) is 9.59 Å². The average Bonchev–Trinajstić information content (AvgIpc) is 3.15. The van der Waals surface area contributed by atoms with Gasteiger partial charge < -0.3 is 11.1 Å². The Balaban J connectivity index is 1.84. The first-order valence-electron chi connectivity index (χ1n) is 7.14. The molecule has 120 valence electrons. The predicted molar refractivity (Wildman–Crippen MR) is 85.0 cm³/mol. The van der Waals surface area contributed by atoms with E-state index in [9.17, 15) is 9.59 Å². The molecule has 2 aromatic carbocycles. The van der Waals surface area contributed by atoms with Gasteiger partial charge in [-0.1, -0.05) is 36.4 Å². The van der Waals surface area contributed by atoms with Gasteiger partial charge in [0.1, 0.15) is 12.4 Å². The summed E-state index contributed by atoms with van der Waals surface area (Å²) in [4.78, 5) is 24.2. The van der Waals surface area contributed by atoms with Crippen LogP contribution in [0.5, 0.6) is 0 Å². The minimum Gasteiger partial charge on any atom is -0.368 e. The Bertz CT molecular complexity index is 848. The molecule has 1 unspecified atom stereocenters. The molecule has 0 fully saturated rings. The van der Waals surface area contributed by atoms with Crippen molar-refractivity contribution in [1.29, 1.82) is 0 Å². The van der Waals surface area contributed by atoms with Crippen molar-refractivity contribution >= 4 is 11.8 Å². The van der Waals surface area contributed by atoms with Crippen molar-refractivity contribution in [2.45, 2.75) is 6.04 Å². The smallest absolute Gasteiger partial charge is 0.252 e. The van der Waals surface area contributed by atoms with E-state index >= 15 is 0 Å². The number of primary amides is 1. The Kier molecular flexibility index (Phi) is 4.28. The molecule has 0 bridgehead atoms. The monoisotopic (exact) mass is 322 g/mol. The fourth-order valence-electron chi connectivity index (χ4n) is 2.25. The van der Waals surface area contributed by atoms with E-state index in [4.69, 9.17) is 5.73 Å². The molecule has 1 aromatic heterocycles. The van der Waals surface area contributed by atoms with Crippen molar-refractivity contribution in [3.05, 3.63) is 72.1 Å². The van der Waals surface area contributed by atoms with Crippen LogP contribution in [0.4, 0.5) is 0 Å². The number of carbonyl (C=O) groups excluding carboxylic acids is 2. The zero-order valence-corrected chi connectivity index (χ0v) is 12.5. The number of hydrogen-bond acceptors (Lipinski definition) is 5. The van der Waals surface area contributed by atoms with Gasteiger partial charge in [-0.25, -0.2) is 4.68 Å². The number of amides is 2. The second-order valence-corrected chi connectivity index (χ2v) is 5.02. The van der Waals surface area contributed by atoms with Crippen LogP contribution in [-0.4, -0.2) is 32.0 Å². The lowest BCUT2D eigenvalue weighted by atomic mass is 10.1. The maximum Gasteiger partial charge on any atom is 0.252 e. The van der Waals surface area contributed by atoms with Crippen LogP contribution in [0, 0.1) is 0 Å². The van der Waals surface area contributed by atoms with Crippen LogP contribution in [0.15, 0.2) is 60.9 Å². The highest BCUT2D eigenvalue weighted by Gasteiger charge is 2.21. The van der Waals surface area contributed by atoms with E-state index in [0.29, 0.717) is 16.8 Å². The van der Waals surface area contributed by atoms with E-state index in [0.717, 1.165) is 0 Å². The molecule has 0 saturated heterocycles. The van der Waals surface area contributed by atoms with Gasteiger partial charge in [0.15, 0.2) is 0 Å². The van der Waals surface area contributed by atoms with E-state index in [1.807, 2.05) is 6.07 Å². The molecule has 8 nitrogen and oxygen atoms in total. The number of nitrogens with two attached hydrogens (primary N) is 1. The summed E-state index contributed by atoms with van der Waals surface area (Å²) in [5.41, 5.74) is 7.03. The topological polar surface area (TPSA) is 116 Å². The highest BCUT2D eigenvalue weighted by molar-refractivity contribution is 5.98. The van der Waals surface area contributed by atoms with E-state index in [2.05, 4.69) is 20.8 Å². The van der Waals surface area contributed by atoms with E-state index in [-0.39, 0.29) is 0 Å². The number of nitrogens with zero attached hydrogens (tertiary/aromatic N) is 4. The van der Waals surface area contributed by atoms with Crippen LogP contribution in [0.3, 0.4) is 0 Å². The molecule has 3 rings (SSSR count). The normalized spacial score (nSPS) is 11.7. The third kappa shape index (κ3) is 3.27. The number of benzene rings is 2. The van der Waals surface area contributed by atoms with E-state index < -0.39 is 17.9 Å². The number of aromatic nitrogens is 4. The summed E-state index contributed by atoms with van der Waals surface area (Å²) >= 11 is 0. The number of hydrogen-bond donors (Lipinski definition) is 2. The molecule has 0 saturated carbocycles. The standard InChI is InChI=1S/C16H14N6O2/c17-15(23)14(11-5-2-1-3-6-11)19-16(24)12-7-4-8-13(9-12)22-10-18-20-21-22/h1-10,14H,(H2,17,23)(H,19,24). The van der Waals surface area contributed by atoms with E-state index in [1.54, 1.807) is 48.5 Å². The molecule has 3 aromatic rings. The Labute approximate surface area is 137 Å². The van der Waals surface area contributed by atoms with Crippen LogP contribution >= 0.6 is 0 Å². The van der Waals surface area contributed by atoms with Gasteiger partial charge in [0.25, 0.3) is 5.91 Å². The lowest BCUT2D eigenvalue weighted by molar-refractivity contribution is -0.120. The third-order valence-electron chi connectivity index (χ3n) is 3.41. The van der Waals surface area contributed by atoms with Crippen molar-refractivity contribution < 1.29 is 9.59 Å². The van der Waals surface area contributed by atoms with Gasteiger partial charge in [-0.2, -0.15) is 0 Å². The quantitative estimate of drug-likeness (QED) is 0.714. The van der Waals surface area contributed by atoms with E-state index in [1.165, 1.54) is 11.0 Å². The molecule has 24 heavy (non-hydrogen) atoms. The maximum absolute atomic E-state index is 12.5. The van der Waals surface area contributed by atoms with Crippen molar-refractivity contribution in [1.82, 2.24) is 25.5 Å². The molecule has 0 spiro atoms. The zero-order chi connectivity index (χ0) is 16.9. The summed E-state index contributed by atoms with van der Waals surface area (Å²) in [6, 6.07) is 14.6. The first-order chi connectivity index (χ1) is 11.6. The molecule has 0 aliphatic rings. The van der Waals surface area contributed by atoms with Gasteiger partial charge in [0.2, 0.25) is 5.91 Å². The molecular formula is C16H14N6O2. The zero-order valence-electron chi connectivity index (χ0n) is 12.5. The predicted octanol–water partition coefficient (Wildman–Crippen LogP) is 0.619. The van der Waals surface area contributed by atoms with Crippen LogP contribution in [-0.2, 0) is 4.79 Å². The van der Waals surface area contributed by atoms with Crippen molar-refractivity contribution in [2.24, 2.45) is 5.73 Å². The summed E-state index contributed by atoms with van der Waals surface area (Å²) in [5, 5.41) is 13.5. The first-order valence-corrected chi connectivity index (χ1v) is 7.14. The number of rotatable bonds is 5. The Morgan fingerprint density at radius 2 is 1.88 bits per heavy atom. The second kappa shape index (κ2) is 6.69. The largest absolute Gasteiger partial charge is 0.368 e. The highest BCUT2D eigenvalue weighted by atomic mass is 16.2. The maximum atomic E-state index is 12.5. The number of tetrazole rings is 1. The van der Waals surface area contributed by atoms with Crippen LogP contribution in [0.2, 0.25) is 0 Å². The van der Waals surface area contributed by atoms with Gasteiger partial charge in [-0.05, 0) is 34.2 Å². The SMILES string of the molecule is NC(=O)C(NC(=O)c1cccc(-n2cnnn2)c1)c1ccccc1. The molecular weight excluding hydrogens is 308 g/mol. The fraction of sp³-hybridized carbons (Fsp3) is 0.0625. The van der Waals surface area contributed by atoms with Gasteiger partial charge in [0, 0.05) is 5.56 Å². The molecule has 0 radical (unpaired) electrons. The van der Waals surface area contributed by atoms with Crippen LogP contribution in [0.1, 0.15) is 22.0 Å². The van der Waals surface area contributed by atoms with Gasteiger partial charge >= 0.3 is 0 Å². The molecule has 0 aliphatic carbocycles. The summed E-state index contributed by atoms with van der Waals surface area (Å²) < 4.78 is 1.43. The number of nitrogens with one attached hydrogen (secondary N) is 1. The Hall–Kier alpha value is -3.55.